The molecule has 1 aromatic rings. The number of likely N-dealkylation sites (tertiary alicyclic amines) is 1. The number of piperidine rings is 1. The second-order valence-electron chi connectivity index (χ2n) is 4.81. The molecule has 0 spiro atoms. The molecule has 0 aromatic heterocycles. The van der Waals surface area contributed by atoms with Crippen LogP contribution in [0.15, 0.2) is 18.2 Å². The Morgan fingerprint density at radius 3 is 2.65 bits per heavy atom. The molecule has 0 saturated carbocycles. The third-order valence-corrected chi connectivity index (χ3v) is 3.96. The quantitative estimate of drug-likeness (QED) is 0.684. The van der Waals surface area contributed by atoms with E-state index in [9.17, 15) is 14.9 Å². The van der Waals surface area contributed by atoms with Gasteiger partial charge in [0.05, 0.1) is 10.5 Å². The van der Waals surface area contributed by atoms with Crippen LogP contribution in [0, 0.1) is 16.0 Å². The number of carbonyl (C=O) groups excluding carboxylic acids is 1. The lowest BCUT2D eigenvalue weighted by molar-refractivity contribution is -0.384. The van der Waals surface area contributed by atoms with Gasteiger partial charge in [-0.1, -0.05) is 17.7 Å². The zero-order chi connectivity index (χ0) is 14.7. The first-order chi connectivity index (χ1) is 9.54. The monoisotopic (exact) mass is 298 g/mol. The molecule has 0 radical (unpaired) electrons. The van der Waals surface area contributed by atoms with E-state index in [1.54, 1.807) is 4.90 Å². The highest BCUT2D eigenvalue weighted by molar-refractivity contribution is 6.35. The number of nitrogens with zero attached hydrogens (tertiary/aromatic N) is 2. The summed E-state index contributed by atoms with van der Waals surface area (Å²) < 4.78 is 0. The predicted octanol–water partition coefficient (Wildman–Crippen LogP) is 2.09. The fraction of sp³-hybridized carbons (Fsp3) is 0.462. The number of aliphatic hydroxyl groups excluding tert-OH is 1. The Hall–Kier alpha value is -1.66. The Labute approximate surface area is 121 Å². The van der Waals surface area contributed by atoms with E-state index in [1.165, 1.54) is 18.2 Å². The van der Waals surface area contributed by atoms with Gasteiger partial charge >= 0.3 is 0 Å². The number of hydrogen-bond donors (Lipinski definition) is 1. The Bertz CT molecular complexity index is 527. The topological polar surface area (TPSA) is 83.7 Å². The highest BCUT2D eigenvalue weighted by Gasteiger charge is 2.27. The van der Waals surface area contributed by atoms with Crippen LogP contribution < -0.4 is 0 Å². The van der Waals surface area contributed by atoms with Gasteiger partial charge in [0.2, 0.25) is 0 Å². The average molecular weight is 299 g/mol. The zero-order valence-electron chi connectivity index (χ0n) is 10.8. The van der Waals surface area contributed by atoms with Crippen molar-refractivity contribution in [2.24, 2.45) is 5.92 Å². The van der Waals surface area contributed by atoms with Crippen molar-refractivity contribution in [2.45, 2.75) is 12.8 Å². The van der Waals surface area contributed by atoms with Crippen molar-refractivity contribution in [3.63, 3.8) is 0 Å². The van der Waals surface area contributed by atoms with Crippen molar-refractivity contribution in [2.75, 3.05) is 19.7 Å². The van der Waals surface area contributed by atoms with Crippen LogP contribution in [-0.2, 0) is 0 Å². The molecule has 1 aliphatic rings. The summed E-state index contributed by atoms with van der Waals surface area (Å²) >= 11 is 5.94. The van der Waals surface area contributed by atoms with Crippen molar-refractivity contribution < 1.29 is 14.8 Å². The summed E-state index contributed by atoms with van der Waals surface area (Å²) in [6, 6.07) is 4.23. The van der Waals surface area contributed by atoms with Gasteiger partial charge in [-0.25, -0.2) is 0 Å². The molecule has 1 heterocycles. The first-order valence-electron chi connectivity index (χ1n) is 6.37. The van der Waals surface area contributed by atoms with Gasteiger partial charge in [-0.05, 0) is 24.8 Å². The number of rotatable bonds is 3. The van der Waals surface area contributed by atoms with E-state index in [2.05, 4.69) is 0 Å². The molecule has 108 valence electrons. The van der Waals surface area contributed by atoms with E-state index < -0.39 is 4.92 Å². The van der Waals surface area contributed by atoms with Crippen LogP contribution in [0.3, 0.4) is 0 Å². The molecule has 1 amide bonds. The Morgan fingerprint density at radius 1 is 1.45 bits per heavy atom. The van der Waals surface area contributed by atoms with Crippen LogP contribution in [0.1, 0.15) is 23.2 Å². The SMILES string of the molecule is O=C(c1cccc([N+](=O)[O-])c1Cl)N1CCC(CO)CC1. The molecule has 2 rings (SSSR count). The van der Waals surface area contributed by atoms with Gasteiger partial charge < -0.3 is 10.0 Å². The second kappa shape index (κ2) is 6.19. The largest absolute Gasteiger partial charge is 0.396 e. The Balaban J connectivity index is 2.18. The van der Waals surface area contributed by atoms with E-state index in [1.807, 2.05) is 0 Å². The molecule has 0 aliphatic carbocycles. The summed E-state index contributed by atoms with van der Waals surface area (Å²) in [5, 5.41) is 19.8. The average Bonchev–Trinajstić information content (AvgIpc) is 2.46. The van der Waals surface area contributed by atoms with Crippen molar-refractivity contribution >= 4 is 23.2 Å². The molecule has 0 unspecified atom stereocenters. The highest BCUT2D eigenvalue weighted by Crippen LogP contribution is 2.29. The van der Waals surface area contributed by atoms with Crippen LogP contribution in [0.2, 0.25) is 5.02 Å². The minimum Gasteiger partial charge on any atom is -0.396 e. The van der Waals surface area contributed by atoms with Crippen LogP contribution in [0.5, 0.6) is 0 Å². The van der Waals surface area contributed by atoms with Gasteiger partial charge in [0, 0.05) is 25.8 Å². The Kier molecular flexibility index (Phi) is 4.57. The maximum absolute atomic E-state index is 12.3. The molecule has 1 aromatic carbocycles. The number of hydrogen-bond acceptors (Lipinski definition) is 4. The zero-order valence-corrected chi connectivity index (χ0v) is 11.5. The minimum absolute atomic E-state index is 0.119. The molecule has 20 heavy (non-hydrogen) atoms. The van der Waals surface area contributed by atoms with Crippen molar-refractivity contribution in [1.82, 2.24) is 4.90 Å². The lowest BCUT2D eigenvalue weighted by Crippen LogP contribution is -2.39. The molecule has 6 nitrogen and oxygen atoms in total. The molecule has 0 bridgehead atoms. The fourth-order valence-electron chi connectivity index (χ4n) is 2.31. The molecule has 1 fully saturated rings. The molecule has 1 aliphatic heterocycles. The summed E-state index contributed by atoms with van der Waals surface area (Å²) in [7, 11) is 0. The van der Waals surface area contributed by atoms with Gasteiger partial charge in [-0.15, -0.1) is 0 Å². The van der Waals surface area contributed by atoms with Gasteiger partial charge in [0.1, 0.15) is 5.02 Å². The summed E-state index contributed by atoms with van der Waals surface area (Å²) in [6.07, 6.45) is 1.46. The molecule has 0 atom stereocenters. The van der Waals surface area contributed by atoms with E-state index in [0.717, 1.165) is 12.8 Å². The van der Waals surface area contributed by atoms with E-state index in [4.69, 9.17) is 16.7 Å². The van der Waals surface area contributed by atoms with E-state index >= 15 is 0 Å². The number of benzene rings is 1. The van der Waals surface area contributed by atoms with Gasteiger partial charge in [0.25, 0.3) is 11.6 Å². The summed E-state index contributed by atoms with van der Waals surface area (Å²) in [5.41, 5.74) is -0.105. The van der Waals surface area contributed by atoms with Crippen molar-refractivity contribution in [3.8, 4) is 0 Å². The van der Waals surface area contributed by atoms with Crippen molar-refractivity contribution in [1.29, 1.82) is 0 Å². The molecular weight excluding hydrogens is 284 g/mol. The minimum atomic E-state index is -0.600. The predicted molar refractivity (Wildman–Crippen MR) is 73.8 cm³/mol. The van der Waals surface area contributed by atoms with Gasteiger partial charge in [0.15, 0.2) is 0 Å². The number of aliphatic hydroxyl groups is 1. The standard InChI is InChI=1S/C13H15ClN2O4/c14-12-10(2-1-3-11(12)16(19)20)13(18)15-6-4-9(8-17)5-7-15/h1-3,9,17H,4-8H2. The van der Waals surface area contributed by atoms with Crippen LogP contribution >= 0.6 is 11.6 Å². The fourth-order valence-corrected chi connectivity index (χ4v) is 2.59. The summed E-state index contributed by atoms with van der Waals surface area (Å²) in [6.45, 7) is 1.19. The number of nitro groups is 1. The molecule has 7 heteroatoms. The first kappa shape index (κ1) is 14.7. The van der Waals surface area contributed by atoms with Gasteiger partial charge in [-0.3, -0.25) is 14.9 Å². The normalized spacial score (nSPS) is 16.2. The molecular formula is C13H15ClN2O4. The summed E-state index contributed by atoms with van der Waals surface area (Å²) in [4.78, 5) is 24.2. The third kappa shape index (κ3) is 2.91. The maximum Gasteiger partial charge on any atom is 0.288 e. The third-order valence-electron chi connectivity index (χ3n) is 3.57. The van der Waals surface area contributed by atoms with Gasteiger partial charge in [-0.2, -0.15) is 0 Å². The first-order valence-corrected chi connectivity index (χ1v) is 6.75. The van der Waals surface area contributed by atoms with E-state index in [-0.39, 0.29) is 34.7 Å². The summed E-state index contributed by atoms with van der Waals surface area (Å²) in [5.74, 6) is -0.0743. The second-order valence-corrected chi connectivity index (χ2v) is 5.19. The maximum atomic E-state index is 12.3. The van der Waals surface area contributed by atoms with Crippen LogP contribution in [-0.4, -0.2) is 40.5 Å². The van der Waals surface area contributed by atoms with Crippen molar-refractivity contribution in [3.05, 3.63) is 38.9 Å². The number of carbonyl (C=O) groups is 1. The number of amides is 1. The lowest BCUT2D eigenvalue weighted by Gasteiger charge is -2.31. The number of nitro benzene ring substituents is 1. The Morgan fingerprint density at radius 2 is 2.10 bits per heavy atom. The number of halogens is 1. The van der Waals surface area contributed by atoms with Crippen LogP contribution in [0.25, 0.3) is 0 Å². The van der Waals surface area contributed by atoms with E-state index in [0.29, 0.717) is 13.1 Å². The molecule has 1 N–H and O–H groups in total. The smallest absolute Gasteiger partial charge is 0.288 e. The molecule has 1 saturated heterocycles. The lowest BCUT2D eigenvalue weighted by atomic mass is 9.97. The highest BCUT2D eigenvalue weighted by atomic mass is 35.5. The van der Waals surface area contributed by atoms with Crippen LogP contribution in [0.4, 0.5) is 5.69 Å².